The van der Waals surface area contributed by atoms with Crippen LogP contribution >= 0.6 is 22.6 Å². The lowest BCUT2D eigenvalue weighted by molar-refractivity contribution is -0.151. The predicted molar refractivity (Wildman–Crippen MR) is 119 cm³/mol. The van der Waals surface area contributed by atoms with E-state index in [2.05, 4.69) is 0 Å². The van der Waals surface area contributed by atoms with Gasteiger partial charge in [-0.25, -0.2) is 9.00 Å². The Morgan fingerprint density at radius 3 is 2.30 bits per heavy atom. The fraction of sp³-hybridized carbons (Fsp3) is 0.889. The second kappa shape index (κ2) is 17.2. The molecule has 0 spiro atoms. The van der Waals surface area contributed by atoms with Gasteiger partial charge in [0.25, 0.3) is 0 Å². The molecule has 1 amide bonds. The quantitative estimate of drug-likeness (QED) is 0.140. The molecule has 9 nitrogen and oxygen atoms in total. The molecule has 1 aliphatic heterocycles. The van der Waals surface area contributed by atoms with Crippen molar-refractivity contribution in [3.05, 3.63) is 0 Å². The maximum atomic E-state index is 12.6. The van der Waals surface area contributed by atoms with Crippen molar-refractivity contribution in [3.63, 3.8) is 0 Å². The standard InChI is InChI=1S/C18H33NO8S3/c1-15(17(20)19-5-3-4-16(19)18(21)24-2)14-28-12-10-26-8-6-25-7-9-27-11-13-29-30(22)23/h15-16H,3-14H2,1-2H3,(H,22,23)/t15-,16+/m1/s1. The van der Waals surface area contributed by atoms with E-state index in [4.69, 9.17) is 23.5 Å². The Morgan fingerprint density at radius 1 is 1.10 bits per heavy atom. The van der Waals surface area contributed by atoms with Gasteiger partial charge in [-0.15, -0.1) is 0 Å². The van der Waals surface area contributed by atoms with Crippen LogP contribution in [0.1, 0.15) is 19.8 Å². The Hall–Kier alpha value is -0.370. The van der Waals surface area contributed by atoms with Crippen LogP contribution in [0.4, 0.5) is 0 Å². The third-order valence-electron chi connectivity index (χ3n) is 4.33. The van der Waals surface area contributed by atoms with Crippen molar-refractivity contribution in [1.29, 1.82) is 0 Å². The molecule has 1 saturated heterocycles. The zero-order valence-corrected chi connectivity index (χ0v) is 20.1. The Bertz CT molecular complexity index is 526. The largest absolute Gasteiger partial charge is 0.467 e. The fourth-order valence-electron chi connectivity index (χ4n) is 2.85. The minimum Gasteiger partial charge on any atom is -0.467 e. The molecule has 1 rings (SSSR count). The number of esters is 1. The van der Waals surface area contributed by atoms with Gasteiger partial charge in [-0.2, -0.15) is 11.8 Å². The number of hydrogen-bond donors (Lipinski definition) is 1. The molecule has 0 radical (unpaired) electrons. The van der Waals surface area contributed by atoms with E-state index < -0.39 is 16.2 Å². The molecule has 0 aromatic heterocycles. The van der Waals surface area contributed by atoms with Gasteiger partial charge >= 0.3 is 5.97 Å². The van der Waals surface area contributed by atoms with Crippen LogP contribution in [0.2, 0.25) is 0 Å². The Kier molecular flexibility index (Phi) is 15.9. The number of rotatable bonds is 17. The Morgan fingerprint density at radius 2 is 1.70 bits per heavy atom. The summed E-state index contributed by atoms with van der Waals surface area (Å²) in [6.45, 7) is 5.35. The van der Waals surface area contributed by atoms with Crippen molar-refractivity contribution in [2.24, 2.45) is 5.92 Å². The zero-order chi connectivity index (χ0) is 22.2. The summed E-state index contributed by atoms with van der Waals surface area (Å²) in [5.41, 5.74) is 0. The highest BCUT2D eigenvalue weighted by molar-refractivity contribution is 8.67. The summed E-state index contributed by atoms with van der Waals surface area (Å²) in [4.78, 5) is 26.0. The second-order valence-corrected chi connectivity index (χ2v) is 10.4. The molecule has 0 saturated carbocycles. The molecular formula is C18H33NO8S3. The van der Waals surface area contributed by atoms with Crippen molar-refractivity contribution in [2.45, 2.75) is 25.8 Å². The Balaban J connectivity index is 1.95. The average Bonchev–Trinajstić information content (AvgIpc) is 3.22. The molecule has 0 aromatic rings. The fourth-order valence-corrected chi connectivity index (χ4v) is 4.71. The minimum absolute atomic E-state index is 0.00940. The highest BCUT2D eigenvalue weighted by atomic mass is 33.1. The number of methoxy groups -OCH3 is 1. The first kappa shape index (κ1) is 27.7. The number of amides is 1. The van der Waals surface area contributed by atoms with Gasteiger partial charge in [0.05, 0.1) is 46.8 Å². The number of likely N-dealkylation sites (tertiary alicyclic amines) is 1. The molecule has 1 heterocycles. The summed E-state index contributed by atoms with van der Waals surface area (Å²) in [6, 6.07) is -0.436. The maximum absolute atomic E-state index is 12.6. The molecule has 176 valence electrons. The van der Waals surface area contributed by atoms with Crippen LogP contribution in [0.3, 0.4) is 0 Å². The molecular weight excluding hydrogens is 454 g/mol. The lowest BCUT2D eigenvalue weighted by atomic mass is 10.1. The van der Waals surface area contributed by atoms with E-state index in [0.717, 1.165) is 23.0 Å². The topological polar surface area (TPSA) is 112 Å². The SMILES string of the molecule is COC(=O)[C@@H]1CCCN1C(=O)[C@H](C)CSCCOCCOCCOCCSS(=O)O. The first-order valence-electron chi connectivity index (χ1n) is 9.90. The third-order valence-corrected chi connectivity index (χ3v) is 7.16. The van der Waals surface area contributed by atoms with Crippen LogP contribution in [0, 0.1) is 5.92 Å². The Labute approximate surface area is 188 Å². The van der Waals surface area contributed by atoms with Crippen molar-refractivity contribution in [2.75, 3.05) is 70.6 Å². The summed E-state index contributed by atoms with van der Waals surface area (Å²) in [7, 11) is 0.439. The first-order valence-corrected chi connectivity index (χ1v) is 13.7. The van der Waals surface area contributed by atoms with Crippen LogP contribution in [0.5, 0.6) is 0 Å². The molecule has 1 N–H and O–H groups in total. The van der Waals surface area contributed by atoms with Crippen LogP contribution in [0.15, 0.2) is 0 Å². The van der Waals surface area contributed by atoms with Crippen molar-refractivity contribution in [1.82, 2.24) is 4.90 Å². The van der Waals surface area contributed by atoms with E-state index >= 15 is 0 Å². The van der Waals surface area contributed by atoms with Gasteiger partial charge in [0.2, 0.25) is 16.0 Å². The summed E-state index contributed by atoms with van der Waals surface area (Å²) in [5.74, 6) is 1.46. The van der Waals surface area contributed by atoms with Gasteiger partial charge in [0, 0.05) is 29.7 Å². The van der Waals surface area contributed by atoms with E-state index in [9.17, 15) is 13.8 Å². The number of ether oxygens (including phenoxy) is 4. The maximum Gasteiger partial charge on any atom is 0.328 e. The van der Waals surface area contributed by atoms with Crippen molar-refractivity contribution in [3.8, 4) is 0 Å². The summed E-state index contributed by atoms with van der Waals surface area (Å²) in [6.07, 6.45) is 1.50. The van der Waals surface area contributed by atoms with Gasteiger partial charge in [0.1, 0.15) is 6.04 Å². The highest BCUT2D eigenvalue weighted by Gasteiger charge is 2.36. The van der Waals surface area contributed by atoms with E-state index in [1.165, 1.54) is 7.11 Å². The van der Waals surface area contributed by atoms with E-state index in [1.807, 2.05) is 6.92 Å². The second-order valence-electron chi connectivity index (χ2n) is 6.56. The number of carbonyl (C=O) groups is 2. The lowest BCUT2D eigenvalue weighted by Crippen LogP contribution is -2.44. The van der Waals surface area contributed by atoms with Gasteiger partial charge in [-0.3, -0.25) is 9.35 Å². The molecule has 3 atom stereocenters. The molecule has 1 aliphatic rings. The minimum atomic E-state index is -1.84. The number of thioether (sulfide) groups is 1. The van der Waals surface area contributed by atoms with Crippen LogP contribution in [0.25, 0.3) is 0 Å². The summed E-state index contributed by atoms with van der Waals surface area (Å²) < 4.78 is 39.9. The third kappa shape index (κ3) is 11.9. The molecule has 12 heteroatoms. The van der Waals surface area contributed by atoms with Gasteiger partial charge in [-0.1, -0.05) is 6.92 Å². The van der Waals surface area contributed by atoms with Crippen LogP contribution in [-0.4, -0.2) is 102 Å². The molecule has 0 aromatic carbocycles. The summed E-state index contributed by atoms with van der Waals surface area (Å²) in [5, 5.41) is 0. The molecule has 1 unspecified atom stereocenters. The van der Waals surface area contributed by atoms with Gasteiger partial charge in [0.15, 0.2) is 0 Å². The number of hydrogen-bond acceptors (Lipinski definition) is 9. The molecule has 30 heavy (non-hydrogen) atoms. The summed E-state index contributed by atoms with van der Waals surface area (Å²) >= 11 is 1.65. The van der Waals surface area contributed by atoms with E-state index in [0.29, 0.717) is 64.1 Å². The van der Waals surface area contributed by atoms with Crippen molar-refractivity contribution < 1.29 is 37.3 Å². The first-order chi connectivity index (χ1) is 14.5. The molecule has 0 aliphatic carbocycles. The van der Waals surface area contributed by atoms with Gasteiger partial charge in [-0.05, 0) is 23.6 Å². The zero-order valence-electron chi connectivity index (χ0n) is 17.6. The number of nitrogens with zero attached hydrogens (tertiary/aromatic N) is 1. The highest BCUT2D eigenvalue weighted by Crippen LogP contribution is 2.22. The van der Waals surface area contributed by atoms with Crippen molar-refractivity contribution >= 4 is 44.5 Å². The monoisotopic (exact) mass is 487 g/mol. The van der Waals surface area contributed by atoms with Gasteiger partial charge < -0.3 is 23.8 Å². The average molecular weight is 488 g/mol. The normalized spacial score (nSPS) is 18.4. The smallest absolute Gasteiger partial charge is 0.328 e. The van der Waals surface area contributed by atoms with Crippen LogP contribution < -0.4 is 0 Å². The predicted octanol–water partition coefficient (Wildman–Crippen LogP) is 1.44. The van der Waals surface area contributed by atoms with E-state index in [1.54, 1.807) is 16.7 Å². The molecule has 1 fully saturated rings. The van der Waals surface area contributed by atoms with Crippen LogP contribution in [-0.2, 0) is 38.6 Å². The molecule has 0 bridgehead atoms. The number of carbonyl (C=O) groups excluding carboxylic acids is 2. The lowest BCUT2D eigenvalue weighted by Gasteiger charge is -2.25. The van der Waals surface area contributed by atoms with E-state index in [-0.39, 0.29) is 17.8 Å².